The molecule has 0 atom stereocenters. The molecule has 96 valence electrons. The zero-order chi connectivity index (χ0) is 11.2. The molecule has 0 radical (unpaired) electrons. The van der Waals surface area contributed by atoms with Gasteiger partial charge in [0.1, 0.15) is 0 Å². The maximum Gasteiger partial charge on any atom is -0.0164 e. The lowest BCUT2D eigenvalue weighted by Crippen LogP contribution is -2.06. The molecule has 1 aliphatic rings. The minimum Gasteiger partial charge on any atom is -0.0776 e. The van der Waals surface area contributed by atoms with Gasteiger partial charge >= 0.3 is 0 Å². The Hall–Kier alpha value is -1.04. The van der Waals surface area contributed by atoms with E-state index in [1.807, 2.05) is 0 Å². The Bertz CT molecular complexity index is 448. The number of aryl methyl sites for hydroxylation is 2. The van der Waals surface area contributed by atoms with E-state index in [9.17, 15) is 0 Å². The van der Waals surface area contributed by atoms with Gasteiger partial charge in [0.05, 0.1) is 0 Å². The lowest BCUT2D eigenvalue weighted by molar-refractivity contribution is 0.907. The summed E-state index contributed by atoms with van der Waals surface area (Å²) in [5.41, 5.74) is 10.6. The molecule has 1 aromatic carbocycles. The Morgan fingerprint density at radius 2 is 1.41 bits per heavy atom. The number of rotatable bonds is 0. The molecular formula is C17H28. The molecule has 0 heterocycles. The molecule has 0 N–H and O–H groups in total. The summed E-state index contributed by atoms with van der Waals surface area (Å²) in [6.45, 7) is 11.3. The van der Waals surface area contributed by atoms with Crippen LogP contribution < -0.4 is 0 Å². The molecule has 0 spiro atoms. The Morgan fingerprint density at radius 3 is 2.00 bits per heavy atom. The molecule has 1 aromatic rings. The van der Waals surface area contributed by atoms with Crippen molar-refractivity contribution in [3.63, 3.8) is 0 Å². The van der Waals surface area contributed by atoms with Gasteiger partial charge in [0.2, 0.25) is 0 Å². The quantitative estimate of drug-likeness (QED) is 0.544. The molecule has 0 nitrogen and oxygen atoms in total. The molecule has 1 aliphatic carbocycles. The van der Waals surface area contributed by atoms with E-state index in [-0.39, 0.29) is 14.9 Å². The van der Waals surface area contributed by atoms with Crippen LogP contribution in [-0.2, 0) is 6.42 Å². The van der Waals surface area contributed by atoms with Crippen molar-refractivity contribution in [2.75, 3.05) is 0 Å². The first-order chi connectivity index (χ1) is 7.02. The maximum absolute atomic E-state index is 2.38. The van der Waals surface area contributed by atoms with E-state index in [1.54, 1.807) is 11.1 Å². The molecule has 0 saturated carbocycles. The van der Waals surface area contributed by atoms with Crippen LogP contribution in [0.3, 0.4) is 0 Å². The summed E-state index contributed by atoms with van der Waals surface area (Å²) in [6, 6.07) is 2.38. The number of benzene rings is 1. The fourth-order valence-electron chi connectivity index (χ4n) is 2.61. The SMILES string of the molecule is C.C.CC1=C(C)c2c(cc(C)c(C)c2C)CC1. The predicted octanol–water partition coefficient (Wildman–Crippen LogP) is 5.62. The van der Waals surface area contributed by atoms with Crippen LogP contribution in [0, 0.1) is 20.8 Å². The van der Waals surface area contributed by atoms with Crippen molar-refractivity contribution >= 4 is 5.57 Å². The molecule has 0 saturated heterocycles. The molecule has 0 amide bonds. The van der Waals surface area contributed by atoms with E-state index < -0.39 is 0 Å². The molecule has 2 rings (SSSR count). The summed E-state index contributed by atoms with van der Waals surface area (Å²) in [5.74, 6) is 0. The van der Waals surface area contributed by atoms with Gasteiger partial charge in [-0.15, -0.1) is 0 Å². The summed E-state index contributed by atoms with van der Waals surface area (Å²) >= 11 is 0. The van der Waals surface area contributed by atoms with Crippen molar-refractivity contribution in [1.82, 2.24) is 0 Å². The molecule has 0 unspecified atom stereocenters. The number of fused-ring (bicyclic) bond motifs is 1. The summed E-state index contributed by atoms with van der Waals surface area (Å²) in [6.07, 6.45) is 2.46. The number of hydrogen-bond acceptors (Lipinski definition) is 0. The zero-order valence-electron chi connectivity index (χ0n) is 10.5. The standard InChI is InChI=1S/C15H20.2CH4/c1-9-6-7-14-8-10(2)11(3)13(5)15(14)12(9)4;;/h8H,6-7H2,1-5H3;2*1H4. The molecule has 17 heavy (non-hydrogen) atoms. The van der Waals surface area contributed by atoms with Crippen molar-refractivity contribution in [3.05, 3.63) is 39.5 Å². The third kappa shape index (κ3) is 2.46. The molecule has 0 bridgehead atoms. The van der Waals surface area contributed by atoms with Gasteiger partial charge in [-0.3, -0.25) is 0 Å². The van der Waals surface area contributed by atoms with E-state index in [4.69, 9.17) is 0 Å². The van der Waals surface area contributed by atoms with Crippen LogP contribution in [-0.4, -0.2) is 0 Å². The van der Waals surface area contributed by atoms with Crippen LogP contribution in [0.2, 0.25) is 0 Å². The lowest BCUT2D eigenvalue weighted by atomic mass is 9.82. The summed E-state index contributed by atoms with van der Waals surface area (Å²) in [4.78, 5) is 0. The average Bonchev–Trinajstić information content (AvgIpc) is 2.20. The van der Waals surface area contributed by atoms with Crippen molar-refractivity contribution in [2.24, 2.45) is 0 Å². The molecule has 0 aromatic heterocycles. The first-order valence-corrected chi connectivity index (χ1v) is 5.78. The van der Waals surface area contributed by atoms with Gasteiger partial charge in [0, 0.05) is 0 Å². The highest BCUT2D eigenvalue weighted by atomic mass is 14.2. The zero-order valence-corrected chi connectivity index (χ0v) is 10.5. The smallest absolute Gasteiger partial charge is 0.0164 e. The fraction of sp³-hybridized carbons (Fsp3) is 0.529. The van der Waals surface area contributed by atoms with Gasteiger partial charge in [-0.2, -0.15) is 0 Å². The number of allylic oxidation sites excluding steroid dienone is 2. The monoisotopic (exact) mass is 232 g/mol. The van der Waals surface area contributed by atoms with Crippen LogP contribution in [0.5, 0.6) is 0 Å². The highest BCUT2D eigenvalue weighted by Gasteiger charge is 2.17. The minimum atomic E-state index is 0. The minimum absolute atomic E-state index is 0. The first kappa shape index (κ1) is 16.0. The van der Waals surface area contributed by atoms with Crippen LogP contribution in [0.15, 0.2) is 11.6 Å². The predicted molar refractivity (Wildman–Crippen MR) is 80.7 cm³/mol. The summed E-state index contributed by atoms with van der Waals surface area (Å²) in [7, 11) is 0. The second-order valence-corrected chi connectivity index (χ2v) is 4.88. The maximum atomic E-state index is 2.38. The van der Waals surface area contributed by atoms with Crippen LogP contribution in [0.1, 0.15) is 62.9 Å². The third-order valence-corrected chi connectivity index (χ3v) is 4.03. The van der Waals surface area contributed by atoms with Gasteiger partial charge in [0.25, 0.3) is 0 Å². The van der Waals surface area contributed by atoms with Crippen molar-refractivity contribution in [2.45, 2.75) is 62.3 Å². The van der Waals surface area contributed by atoms with E-state index in [0.717, 1.165) is 0 Å². The van der Waals surface area contributed by atoms with Crippen molar-refractivity contribution in [1.29, 1.82) is 0 Å². The Morgan fingerprint density at radius 1 is 0.824 bits per heavy atom. The molecule has 0 fully saturated rings. The molecule has 0 aliphatic heterocycles. The highest BCUT2D eigenvalue weighted by Crippen LogP contribution is 2.35. The van der Waals surface area contributed by atoms with Gasteiger partial charge in [-0.05, 0) is 80.9 Å². The van der Waals surface area contributed by atoms with Crippen LogP contribution in [0.4, 0.5) is 0 Å². The van der Waals surface area contributed by atoms with E-state index in [2.05, 4.69) is 40.7 Å². The van der Waals surface area contributed by atoms with Crippen molar-refractivity contribution in [3.8, 4) is 0 Å². The topological polar surface area (TPSA) is 0 Å². The fourth-order valence-corrected chi connectivity index (χ4v) is 2.61. The first-order valence-electron chi connectivity index (χ1n) is 5.78. The van der Waals surface area contributed by atoms with Crippen LogP contribution >= 0.6 is 0 Å². The van der Waals surface area contributed by atoms with E-state index in [0.29, 0.717) is 0 Å². The third-order valence-electron chi connectivity index (χ3n) is 4.03. The second-order valence-electron chi connectivity index (χ2n) is 4.88. The average molecular weight is 232 g/mol. The van der Waals surface area contributed by atoms with E-state index in [1.165, 1.54) is 40.7 Å². The molecular weight excluding hydrogens is 204 g/mol. The largest absolute Gasteiger partial charge is 0.0776 e. The van der Waals surface area contributed by atoms with Crippen molar-refractivity contribution < 1.29 is 0 Å². The normalized spacial score (nSPS) is 13.7. The van der Waals surface area contributed by atoms with Gasteiger partial charge < -0.3 is 0 Å². The summed E-state index contributed by atoms with van der Waals surface area (Å²) < 4.78 is 0. The number of hydrogen-bond donors (Lipinski definition) is 0. The van der Waals surface area contributed by atoms with Crippen LogP contribution in [0.25, 0.3) is 5.57 Å². The highest BCUT2D eigenvalue weighted by molar-refractivity contribution is 5.75. The Labute approximate surface area is 108 Å². The Kier molecular flexibility index (Phi) is 5.19. The van der Waals surface area contributed by atoms with Gasteiger partial charge in [-0.1, -0.05) is 26.5 Å². The molecule has 0 heteroatoms. The Balaban J connectivity index is 0.00000128. The summed E-state index contributed by atoms with van der Waals surface area (Å²) in [5, 5.41) is 0. The van der Waals surface area contributed by atoms with Gasteiger partial charge in [-0.25, -0.2) is 0 Å². The van der Waals surface area contributed by atoms with Gasteiger partial charge in [0.15, 0.2) is 0 Å². The van der Waals surface area contributed by atoms with E-state index >= 15 is 0 Å². The second kappa shape index (κ2) is 5.53. The lowest BCUT2D eigenvalue weighted by Gasteiger charge is -2.23.